The lowest BCUT2D eigenvalue weighted by atomic mass is 10.0. The van der Waals surface area contributed by atoms with Crippen LogP contribution >= 0.6 is 0 Å². The van der Waals surface area contributed by atoms with Gasteiger partial charge in [0, 0.05) is 24.0 Å². The Bertz CT molecular complexity index is 542. The average Bonchev–Trinajstić information content (AvgIpc) is 2.69. The van der Waals surface area contributed by atoms with E-state index in [-0.39, 0.29) is 0 Å². The Balaban J connectivity index is 2.13. The van der Waals surface area contributed by atoms with Crippen LogP contribution in [0.4, 0.5) is 0 Å². The van der Waals surface area contributed by atoms with Crippen molar-refractivity contribution in [2.45, 2.75) is 6.42 Å². The maximum Gasteiger partial charge on any atom is 0.0493 e. The molecule has 2 aliphatic rings. The van der Waals surface area contributed by atoms with Gasteiger partial charge in [0.1, 0.15) is 0 Å². The van der Waals surface area contributed by atoms with Gasteiger partial charge in [0.2, 0.25) is 0 Å². The van der Waals surface area contributed by atoms with Crippen molar-refractivity contribution in [1.82, 2.24) is 4.90 Å². The number of fused-ring (bicyclic) bond motifs is 3. The summed E-state index contributed by atoms with van der Waals surface area (Å²) in [5, 5.41) is 0. The van der Waals surface area contributed by atoms with E-state index in [0.717, 1.165) is 13.0 Å². The number of nitrogens with zero attached hydrogens (tertiary/aromatic N) is 1. The normalized spacial score (nSPS) is 16.9. The topological polar surface area (TPSA) is 3.24 Å². The van der Waals surface area contributed by atoms with E-state index in [0.29, 0.717) is 0 Å². The fourth-order valence-electron chi connectivity index (χ4n) is 2.40. The van der Waals surface area contributed by atoms with Gasteiger partial charge in [-0.25, -0.2) is 0 Å². The van der Waals surface area contributed by atoms with Crippen LogP contribution in [0.25, 0.3) is 11.6 Å². The first-order chi connectivity index (χ1) is 7.90. The molecule has 0 atom stereocenters. The molecule has 1 aliphatic carbocycles. The van der Waals surface area contributed by atoms with Gasteiger partial charge in [0.05, 0.1) is 0 Å². The number of allylic oxidation sites excluding steroid dienone is 1. The van der Waals surface area contributed by atoms with Gasteiger partial charge in [-0.3, -0.25) is 0 Å². The molecule has 78 valence electrons. The molecule has 1 aromatic rings. The highest BCUT2D eigenvalue weighted by atomic mass is 15.1. The molecule has 0 fully saturated rings. The van der Waals surface area contributed by atoms with Crippen LogP contribution in [-0.2, 0) is 0 Å². The Morgan fingerprint density at radius 3 is 3.06 bits per heavy atom. The second-order valence-corrected chi connectivity index (χ2v) is 4.05. The molecule has 1 aromatic carbocycles. The zero-order chi connectivity index (χ0) is 11.0. The Hall–Kier alpha value is -1.98. The number of benzene rings is 1. The molecular formula is C15H13N. The lowest BCUT2D eigenvalue weighted by molar-refractivity contribution is 0.485. The van der Waals surface area contributed by atoms with Crippen molar-refractivity contribution < 1.29 is 0 Å². The van der Waals surface area contributed by atoms with Gasteiger partial charge in [-0.1, -0.05) is 36.9 Å². The van der Waals surface area contributed by atoms with Gasteiger partial charge in [-0.05, 0) is 23.6 Å². The maximum atomic E-state index is 3.65. The summed E-state index contributed by atoms with van der Waals surface area (Å²) in [5.74, 6) is 0. The lowest BCUT2D eigenvalue weighted by Gasteiger charge is -2.26. The summed E-state index contributed by atoms with van der Waals surface area (Å²) < 4.78 is 0. The summed E-state index contributed by atoms with van der Waals surface area (Å²) in [6.45, 7) is 4.67. The van der Waals surface area contributed by atoms with Crippen LogP contribution in [0, 0.1) is 0 Å². The van der Waals surface area contributed by atoms with E-state index in [1.807, 2.05) is 6.20 Å². The Morgan fingerprint density at radius 1 is 1.31 bits per heavy atom. The van der Waals surface area contributed by atoms with Gasteiger partial charge in [0.25, 0.3) is 0 Å². The maximum absolute atomic E-state index is 3.65. The highest BCUT2D eigenvalue weighted by molar-refractivity contribution is 5.94. The van der Waals surface area contributed by atoms with E-state index < -0.39 is 0 Å². The second kappa shape index (κ2) is 3.55. The predicted molar refractivity (Wildman–Crippen MR) is 67.4 cm³/mol. The quantitative estimate of drug-likeness (QED) is 0.638. The van der Waals surface area contributed by atoms with Crippen molar-refractivity contribution in [2.75, 3.05) is 6.54 Å². The summed E-state index contributed by atoms with van der Waals surface area (Å²) in [4.78, 5) is 2.22. The fraction of sp³-hybridized carbons (Fsp3) is 0.133. The van der Waals surface area contributed by atoms with E-state index >= 15 is 0 Å². The van der Waals surface area contributed by atoms with E-state index in [9.17, 15) is 0 Å². The second-order valence-electron chi connectivity index (χ2n) is 4.05. The molecule has 0 spiro atoms. The van der Waals surface area contributed by atoms with Crippen LogP contribution in [0.2, 0.25) is 0 Å². The molecule has 0 saturated carbocycles. The smallest absolute Gasteiger partial charge is 0.0493 e. The average molecular weight is 207 g/mol. The lowest BCUT2D eigenvalue weighted by Crippen LogP contribution is -2.20. The van der Waals surface area contributed by atoms with Crippen molar-refractivity contribution in [2.24, 2.45) is 0 Å². The first-order valence-electron chi connectivity index (χ1n) is 5.54. The molecule has 0 saturated heterocycles. The van der Waals surface area contributed by atoms with Gasteiger partial charge < -0.3 is 4.90 Å². The third-order valence-electron chi connectivity index (χ3n) is 3.09. The Labute approximate surface area is 95.7 Å². The Morgan fingerprint density at radius 2 is 2.19 bits per heavy atom. The summed E-state index contributed by atoms with van der Waals surface area (Å²) in [7, 11) is 0. The number of hydrogen-bond donors (Lipinski definition) is 0. The van der Waals surface area contributed by atoms with Crippen molar-refractivity contribution in [3.63, 3.8) is 0 Å². The minimum atomic E-state index is 1.02. The van der Waals surface area contributed by atoms with Crippen molar-refractivity contribution >= 4 is 11.6 Å². The molecule has 1 aliphatic heterocycles. The molecule has 16 heavy (non-hydrogen) atoms. The fourth-order valence-corrected chi connectivity index (χ4v) is 2.40. The van der Waals surface area contributed by atoms with E-state index in [4.69, 9.17) is 0 Å². The summed E-state index contributed by atoms with van der Waals surface area (Å²) in [6.07, 6.45) is 7.59. The highest BCUT2D eigenvalue weighted by Crippen LogP contribution is 2.39. The standard InChI is InChI=1S/C15H13N/c1-2-9-16-10-5-8-14-13-7-4-3-6-12(13)11-15(14)16/h3-4,6-9,11H,1,5,10H2. The molecule has 1 nitrogen and oxygen atoms in total. The minimum Gasteiger partial charge on any atom is -0.340 e. The van der Waals surface area contributed by atoms with Crippen LogP contribution in [0.3, 0.4) is 0 Å². The monoisotopic (exact) mass is 207 g/mol. The van der Waals surface area contributed by atoms with E-state index in [1.165, 1.54) is 22.4 Å². The molecule has 0 radical (unpaired) electrons. The van der Waals surface area contributed by atoms with Gasteiger partial charge in [-0.15, -0.1) is 5.73 Å². The SMILES string of the molecule is C=C=CN1CCC=C2C1=Cc1ccccc12. The molecule has 1 heterocycles. The van der Waals surface area contributed by atoms with Crippen molar-refractivity contribution in [1.29, 1.82) is 0 Å². The molecular weight excluding hydrogens is 194 g/mol. The zero-order valence-corrected chi connectivity index (χ0v) is 9.11. The van der Waals surface area contributed by atoms with Gasteiger partial charge in [0.15, 0.2) is 0 Å². The summed E-state index contributed by atoms with van der Waals surface area (Å²) in [6, 6.07) is 8.53. The predicted octanol–water partition coefficient (Wildman–Crippen LogP) is 3.43. The summed E-state index contributed by atoms with van der Waals surface area (Å²) in [5.41, 5.74) is 8.16. The number of hydrogen-bond acceptors (Lipinski definition) is 1. The van der Waals surface area contributed by atoms with E-state index in [2.05, 4.69) is 53.6 Å². The first-order valence-corrected chi connectivity index (χ1v) is 5.54. The molecule has 0 N–H and O–H groups in total. The molecule has 0 unspecified atom stereocenters. The molecule has 0 aromatic heterocycles. The van der Waals surface area contributed by atoms with Crippen molar-refractivity contribution in [3.8, 4) is 0 Å². The van der Waals surface area contributed by atoms with Crippen LogP contribution in [0.15, 0.2) is 54.5 Å². The van der Waals surface area contributed by atoms with Crippen LogP contribution < -0.4 is 0 Å². The van der Waals surface area contributed by atoms with Gasteiger partial charge in [-0.2, -0.15) is 0 Å². The Kier molecular flexibility index (Phi) is 2.05. The zero-order valence-electron chi connectivity index (χ0n) is 9.11. The van der Waals surface area contributed by atoms with E-state index in [1.54, 1.807) is 0 Å². The summed E-state index contributed by atoms with van der Waals surface area (Å²) >= 11 is 0. The first kappa shape index (κ1) is 9.26. The minimum absolute atomic E-state index is 1.02. The highest BCUT2D eigenvalue weighted by Gasteiger charge is 2.24. The molecule has 3 rings (SSSR count). The molecule has 0 amide bonds. The van der Waals surface area contributed by atoms with Crippen molar-refractivity contribution in [3.05, 3.63) is 65.7 Å². The third-order valence-corrected chi connectivity index (χ3v) is 3.09. The van der Waals surface area contributed by atoms with Crippen LogP contribution in [-0.4, -0.2) is 11.4 Å². The molecule has 1 heteroatoms. The molecule has 0 bridgehead atoms. The van der Waals surface area contributed by atoms with Gasteiger partial charge >= 0.3 is 0 Å². The largest absolute Gasteiger partial charge is 0.340 e. The third kappa shape index (κ3) is 1.26. The number of rotatable bonds is 1. The van der Waals surface area contributed by atoms with Crippen LogP contribution in [0.1, 0.15) is 17.5 Å². The van der Waals surface area contributed by atoms with Crippen LogP contribution in [0.5, 0.6) is 0 Å².